The van der Waals surface area contributed by atoms with Gasteiger partial charge in [-0.3, -0.25) is 9.78 Å². The minimum absolute atomic E-state index is 0.0697. The molecule has 0 fully saturated rings. The molecule has 0 unspecified atom stereocenters. The average molecular weight is 313 g/mol. The molecule has 0 saturated carbocycles. The molecule has 120 valence electrons. The minimum Gasteiger partial charge on any atom is -0.451 e. The number of benzene rings is 1. The summed E-state index contributed by atoms with van der Waals surface area (Å²) in [5.41, 5.74) is 1.87. The Morgan fingerprint density at radius 3 is 2.74 bits per heavy atom. The highest BCUT2D eigenvalue weighted by Crippen LogP contribution is 2.26. The van der Waals surface area contributed by atoms with Gasteiger partial charge in [0.1, 0.15) is 0 Å². The first kappa shape index (κ1) is 16.6. The highest BCUT2D eigenvalue weighted by Gasteiger charge is 2.14. The second kappa shape index (κ2) is 8.03. The van der Waals surface area contributed by atoms with Crippen LogP contribution in [0.2, 0.25) is 0 Å². The van der Waals surface area contributed by atoms with Crippen LogP contribution in [-0.4, -0.2) is 28.5 Å². The smallest absolute Gasteiger partial charge is 0.359 e. The van der Waals surface area contributed by atoms with E-state index in [2.05, 4.69) is 29.1 Å². The van der Waals surface area contributed by atoms with Crippen LogP contribution in [0.15, 0.2) is 42.9 Å². The zero-order valence-electron chi connectivity index (χ0n) is 13.2. The first-order valence-electron chi connectivity index (χ1n) is 7.43. The van der Waals surface area contributed by atoms with Crippen molar-refractivity contribution in [1.82, 2.24) is 9.97 Å². The Morgan fingerprint density at radius 1 is 1.26 bits per heavy atom. The molecule has 0 saturated heterocycles. The third kappa shape index (κ3) is 4.60. The summed E-state index contributed by atoms with van der Waals surface area (Å²) in [6, 6.07) is 7.61. The van der Waals surface area contributed by atoms with Gasteiger partial charge in [0, 0.05) is 18.1 Å². The molecule has 1 atom stereocenters. The van der Waals surface area contributed by atoms with Gasteiger partial charge < -0.3 is 10.1 Å². The van der Waals surface area contributed by atoms with Crippen molar-refractivity contribution in [2.45, 2.75) is 26.2 Å². The quantitative estimate of drug-likeness (QED) is 0.829. The second-order valence-electron chi connectivity index (χ2n) is 5.11. The van der Waals surface area contributed by atoms with Crippen molar-refractivity contribution < 1.29 is 14.3 Å². The summed E-state index contributed by atoms with van der Waals surface area (Å²) < 4.78 is 4.94. The maximum absolute atomic E-state index is 12.0. The molecule has 1 aromatic carbocycles. The van der Waals surface area contributed by atoms with E-state index < -0.39 is 11.9 Å². The highest BCUT2D eigenvalue weighted by atomic mass is 16.5. The fourth-order valence-electron chi connectivity index (χ4n) is 2.06. The predicted molar refractivity (Wildman–Crippen MR) is 86.1 cm³/mol. The molecule has 0 bridgehead atoms. The minimum atomic E-state index is -0.677. The van der Waals surface area contributed by atoms with Gasteiger partial charge in [-0.15, -0.1) is 0 Å². The number of rotatable bonds is 6. The molecule has 6 nitrogen and oxygen atoms in total. The van der Waals surface area contributed by atoms with Crippen molar-refractivity contribution in [3.05, 3.63) is 54.1 Å². The molecular weight excluding hydrogens is 294 g/mol. The zero-order valence-corrected chi connectivity index (χ0v) is 13.2. The van der Waals surface area contributed by atoms with Gasteiger partial charge in [-0.25, -0.2) is 9.78 Å². The Morgan fingerprint density at radius 2 is 2.04 bits per heavy atom. The Hall–Kier alpha value is -2.76. The molecule has 0 aliphatic rings. The molecular formula is C17H19N3O3. The molecule has 23 heavy (non-hydrogen) atoms. The summed E-state index contributed by atoms with van der Waals surface area (Å²) in [6.45, 7) is 3.81. The summed E-state index contributed by atoms with van der Waals surface area (Å²) in [5.74, 6) is -0.741. The van der Waals surface area contributed by atoms with E-state index >= 15 is 0 Å². The first-order valence-corrected chi connectivity index (χ1v) is 7.43. The van der Waals surface area contributed by atoms with E-state index in [0.717, 1.165) is 17.7 Å². The molecule has 0 aliphatic heterocycles. The lowest BCUT2D eigenvalue weighted by Crippen LogP contribution is -2.22. The number of hydrogen-bond acceptors (Lipinski definition) is 5. The highest BCUT2D eigenvalue weighted by molar-refractivity contribution is 5.95. The van der Waals surface area contributed by atoms with Crippen molar-refractivity contribution >= 4 is 17.6 Å². The molecule has 1 amide bonds. The number of carbonyl (C=O) groups is 2. The van der Waals surface area contributed by atoms with Crippen molar-refractivity contribution in [2.75, 3.05) is 11.9 Å². The number of para-hydroxylation sites is 1. The van der Waals surface area contributed by atoms with Crippen molar-refractivity contribution in [3.63, 3.8) is 0 Å². The molecule has 1 N–H and O–H groups in total. The van der Waals surface area contributed by atoms with Crippen LogP contribution in [0, 0.1) is 0 Å². The third-order valence-electron chi connectivity index (χ3n) is 3.48. The van der Waals surface area contributed by atoms with Gasteiger partial charge >= 0.3 is 5.97 Å². The molecule has 0 radical (unpaired) electrons. The maximum Gasteiger partial charge on any atom is 0.359 e. The van der Waals surface area contributed by atoms with Crippen LogP contribution in [0.5, 0.6) is 0 Å². The van der Waals surface area contributed by atoms with Crippen molar-refractivity contribution in [2.24, 2.45) is 0 Å². The van der Waals surface area contributed by atoms with Crippen molar-refractivity contribution in [1.29, 1.82) is 0 Å². The van der Waals surface area contributed by atoms with E-state index in [4.69, 9.17) is 4.74 Å². The Labute approximate surface area is 134 Å². The normalized spacial score (nSPS) is 11.6. The number of anilines is 1. The lowest BCUT2D eigenvalue weighted by molar-refractivity contribution is -0.119. The van der Waals surface area contributed by atoms with Gasteiger partial charge in [0.05, 0.1) is 6.20 Å². The number of hydrogen-bond donors (Lipinski definition) is 1. The molecule has 1 heterocycles. The molecule has 2 aromatic rings. The Kier molecular flexibility index (Phi) is 5.80. The van der Waals surface area contributed by atoms with Crippen LogP contribution >= 0.6 is 0 Å². The van der Waals surface area contributed by atoms with E-state index in [1.165, 1.54) is 18.6 Å². The van der Waals surface area contributed by atoms with E-state index in [-0.39, 0.29) is 12.3 Å². The van der Waals surface area contributed by atoms with Crippen LogP contribution in [-0.2, 0) is 9.53 Å². The number of amides is 1. The molecule has 2 rings (SSSR count). The summed E-state index contributed by atoms with van der Waals surface area (Å²) in [4.78, 5) is 31.3. The standard InChI is InChI=1S/C17H19N3O3/c1-3-12(2)13-6-4-5-7-14(13)20-16(21)11-23-17(22)15-10-18-8-9-19-15/h4-10,12H,3,11H2,1-2H3,(H,20,21)/t12-/m0/s1. The SMILES string of the molecule is CC[C@H](C)c1ccccc1NC(=O)COC(=O)c1cnccn1. The summed E-state index contributed by atoms with van der Waals surface area (Å²) in [5, 5.41) is 2.78. The van der Waals surface area contributed by atoms with Crippen LogP contribution in [0.1, 0.15) is 42.2 Å². The fourth-order valence-corrected chi connectivity index (χ4v) is 2.06. The van der Waals surface area contributed by atoms with Crippen molar-refractivity contribution in [3.8, 4) is 0 Å². The Bertz CT molecular complexity index is 674. The zero-order chi connectivity index (χ0) is 16.7. The van der Waals surface area contributed by atoms with Gasteiger partial charge in [0.15, 0.2) is 12.3 Å². The van der Waals surface area contributed by atoms with E-state index in [1.807, 2.05) is 24.3 Å². The molecule has 0 aliphatic carbocycles. The maximum atomic E-state index is 12.0. The number of esters is 1. The second-order valence-corrected chi connectivity index (χ2v) is 5.11. The predicted octanol–water partition coefficient (Wildman–Crippen LogP) is 2.79. The number of nitrogens with zero attached hydrogens (tertiary/aromatic N) is 2. The summed E-state index contributed by atoms with van der Waals surface area (Å²) in [6.07, 6.45) is 5.10. The van der Waals surface area contributed by atoms with Gasteiger partial charge in [0.25, 0.3) is 5.91 Å². The number of nitrogens with one attached hydrogen (secondary N) is 1. The monoisotopic (exact) mass is 313 g/mol. The lowest BCUT2D eigenvalue weighted by atomic mass is 9.97. The summed E-state index contributed by atoms with van der Waals surface area (Å²) >= 11 is 0. The van der Waals surface area contributed by atoms with Gasteiger partial charge in [0.2, 0.25) is 0 Å². The number of ether oxygens (including phenoxy) is 1. The van der Waals surface area contributed by atoms with Crippen LogP contribution in [0.4, 0.5) is 5.69 Å². The lowest BCUT2D eigenvalue weighted by Gasteiger charge is -2.15. The number of carbonyl (C=O) groups excluding carboxylic acids is 2. The molecule has 6 heteroatoms. The van der Waals surface area contributed by atoms with E-state index in [9.17, 15) is 9.59 Å². The largest absolute Gasteiger partial charge is 0.451 e. The van der Waals surface area contributed by atoms with E-state index in [1.54, 1.807) is 0 Å². The third-order valence-corrected chi connectivity index (χ3v) is 3.48. The van der Waals surface area contributed by atoms with Gasteiger partial charge in [-0.2, -0.15) is 0 Å². The molecule has 1 aromatic heterocycles. The Balaban J connectivity index is 1.94. The average Bonchev–Trinajstić information content (AvgIpc) is 2.60. The van der Waals surface area contributed by atoms with Gasteiger partial charge in [-0.05, 0) is 24.0 Å². The molecule has 0 spiro atoms. The first-order chi connectivity index (χ1) is 11.1. The summed E-state index contributed by atoms with van der Waals surface area (Å²) in [7, 11) is 0. The topological polar surface area (TPSA) is 81.2 Å². The van der Waals surface area contributed by atoms with Gasteiger partial charge in [-0.1, -0.05) is 32.0 Å². The van der Waals surface area contributed by atoms with Crippen LogP contribution < -0.4 is 5.32 Å². The van der Waals surface area contributed by atoms with Crippen LogP contribution in [0.25, 0.3) is 0 Å². The number of aromatic nitrogens is 2. The fraction of sp³-hybridized carbons (Fsp3) is 0.294. The van der Waals surface area contributed by atoms with E-state index in [0.29, 0.717) is 5.92 Å². The van der Waals surface area contributed by atoms with Crippen LogP contribution in [0.3, 0.4) is 0 Å².